The van der Waals surface area contributed by atoms with Gasteiger partial charge in [-0.2, -0.15) is 0 Å². The van der Waals surface area contributed by atoms with Crippen molar-refractivity contribution in [2.24, 2.45) is 11.5 Å². The Morgan fingerprint density at radius 2 is 1.69 bits per heavy atom. The number of nitrogens with zero attached hydrogens (tertiary/aromatic N) is 2. The Labute approximate surface area is 250 Å². The molecular weight excluding hydrogens is 524 g/mol. The number of quaternary nitrogens is 1. The van der Waals surface area contributed by atoms with E-state index in [0.717, 1.165) is 65.4 Å². The number of aromatic nitrogens is 1. The van der Waals surface area contributed by atoms with Crippen molar-refractivity contribution < 1.29 is 18.8 Å². The number of pyridine rings is 1. The lowest BCUT2D eigenvalue weighted by Gasteiger charge is -2.39. The highest BCUT2D eigenvalue weighted by atomic mass is 16.5. The van der Waals surface area contributed by atoms with Crippen LogP contribution in [0.5, 0.6) is 11.6 Å². The van der Waals surface area contributed by atoms with E-state index in [1.165, 1.54) is 0 Å². The second-order valence-corrected chi connectivity index (χ2v) is 11.3. The molecule has 1 atom stereocenters. The van der Waals surface area contributed by atoms with Crippen LogP contribution in [0.4, 0.5) is 0 Å². The van der Waals surface area contributed by atoms with E-state index in [4.69, 9.17) is 25.9 Å². The number of unbranched alkanes of at least 4 members (excludes halogenated alkanes) is 1. The molecule has 3 aromatic carbocycles. The van der Waals surface area contributed by atoms with E-state index >= 15 is 0 Å². The molecule has 4 rings (SSSR count). The molecule has 42 heavy (non-hydrogen) atoms. The Morgan fingerprint density at radius 3 is 2.38 bits per heavy atom. The van der Waals surface area contributed by atoms with Gasteiger partial charge in [-0.3, -0.25) is 4.79 Å². The maximum Gasteiger partial charge on any atom is 0.252 e. The molecular formula is C35H45N4O3+. The van der Waals surface area contributed by atoms with Crippen LogP contribution < -0.4 is 20.9 Å². The number of likely N-dealkylation sites (N-methyl/N-ethyl adjacent to an activating group) is 1. The molecule has 0 radical (unpaired) electrons. The monoisotopic (exact) mass is 569 g/mol. The number of hydrogen-bond acceptors (Lipinski definition) is 5. The van der Waals surface area contributed by atoms with Gasteiger partial charge >= 0.3 is 0 Å². The van der Waals surface area contributed by atoms with E-state index in [1.54, 1.807) is 6.07 Å². The summed E-state index contributed by atoms with van der Waals surface area (Å²) in [6, 6.07) is 24.4. The summed E-state index contributed by atoms with van der Waals surface area (Å²) in [6.07, 6.45) is 4.03. The molecule has 7 nitrogen and oxygen atoms in total. The Hall–Kier alpha value is -3.94. The predicted molar refractivity (Wildman–Crippen MR) is 171 cm³/mol. The second-order valence-electron chi connectivity index (χ2n) is 11.3. The van der Waals surface area contributed by atoms with Gasteiger partial charge < -0.3 is 25.4 Å². The van der Waals surface area contributed by atoms with Crippen LogP contribution >= 0.6 is 0 Å². The van der Waals surface area contributed by atoms with Crippen LogP contribution in [0.25, 0.3) is 21.9 Å². The van der Waals surface area contributed by atoms with E-state index in [1.807, 2.05) is 42.5 Å². The van der Waals surface area contributed by atoms with Crippen LogP contribution in [-0.2, 0) is 6.42 Å². The molecule has 0 bridgehead atoms. The third-order valence-corrected chi connectivity index (χ3v) is 7.92. The summed E-state index contributed by atoms with van der Waals surface area (Å²) in [5, 5.41) is 2.19. The third kappa shape index (κ3) is 7.09. The molecule has 4 aromatic rings. The standard InChI is InChI=1S/C35H44N4O3/c1-5-7-16-27-24-26-15-11-12-17-28(26)35(38-27)42-23-21-39(3,4)31(6-2)29-18-19-30(34(37)40)33(41-22-20-36)32(29)25-13-9-8-10-14-25/h8-15,17-19,24,31H,5-7,16,20-23,36H2,1-4H3,(H-,37,40)/p+1/t31-/m0/s1. The summed E-state index contributed by atoms with van der Waals surface area (Å²) >= 11 is 0. The zero-order chi connectivity index (χ0) is 30.1. The first-order chi connectivity index (χ1) is 20.3. The normalized spacial score (nSPS) is 12.3. The number of primary amides is 1. The minimum atomic E-state index is -0.526. The van der Waals surface area contributed by atoms with Crippen LogP contribution in [0.1, 0.15) is 60.8 Å². The molecule has 1 aromatic heterocycles. The van der Waals surface area contributed by atoms with E-state index in [0.29, 0.717) is 34.8 Å². The zero-order valence-electron chi connectivity index (χ0n) is 25.4. The average molecular weight is 570 g/mol. The number of hydrogen-bond donors (Lipinski definition) is 2. The lowest BCUT2D eigenvalue weighted by molar-refractivity contribution is -0.921. The van der Waals surface area contributed by atoms with Crippen molar-refractivity contribution in [3.63, 3.8) is 0 Å². The largest absolute Gasteiger partial charge is 0.491 e. The SMILES string of the molecule is CCCCc1cc2ccccc2c(OCC[N+](C)(C)[C@@H](CC)c2ccc(C(N)=O)c(OCCN)c2-c2ccccc2)n1. The van der Waals surface area contributed by atoms with Gasteiger partial charge in [0.1, 0.15) is 31.5 Å². The molecule has 222 valence electrons. The van der Waals surface area contributed by atoms with Gasteiger partial charge in [0.15, 0.2) is 0 Å². The molecule has 1 heterocycles. The number of rotatable bonds is 15. The smallest absolute Gasteiger partial charge is 0.252 e. The molecule has 0 aliphatic carbocycles. The number of carbonyl (C=O) groups is 1. The van der Waals surface area contributed by atoms with Crippen LogP contribution in [0, 0.1) is 0 Å². The van der Waals surface area contributed by atoms with Crippen molar-refractivity contribution in [2.45, 2.75) is 45.6 Å². The molecule has 7 heteroatoms. The van der Waals surface area contributed by atoms with Gasteiger partial charge in [0.25, 0.3) is 5.91 Å². The maximum absolute atomic E-state index is 12.5. The fraction of sp³-hybridized carbons (Fsp3) is 0.371. The van der Waals surface area contributed by atoms with E-state index in [-0.39, 0.29) is 12.6 Å². The molecule has 0 aliphatic heterocycles. The minimum Gasteiger partial charge on any atom is -0.491 e. The first kappa shape index (κ1) is 31.0. The molecule has 0 saturated carbocycles. The lowest BCUT2D eigenvalue weighted by atomic mass is 9.89. The van der Waals surface area contributed by atoms with Crippen molar-refractivity contribution in [3.05, 3.63) is 89.6 Å². The summed E-state index contributed by atoms with van der Waals surface area (Å²) < 4.78 is 13.2. The summed E-state index contributed by atoms with van der Waals surface area (Å²) in [6.45, 7) is 6.25. The highest BCUT2D eigenvalue weighted by Crippen LogP contribution is 2.43. The fourth-order valence-corrected chi connectivity index (χ4v) is 5.72. The lowest BCUT2D eigenvalue weighted by Crippen LogP contribution is -2.46. The summed E-state index contributed by atoms with van der Waals surface area (Å²) in [5.74, 6) is 0.660. The quantitative estimate of drug-likeness (QED) is 0.164. The Kier molecular flexibility index (Phi) is 10.6. The first-order valence-corrected chi connectivity index (χ1v) is 15.0. The van der Waals surface area contributed by atoms with Crippen LogP contribution in [-0.4, -0.2) is 55.8 Å². The first-order valence-electron chi connectivity index (χ1n) is 15.0. The highest BCUT2D eigenvalue weighted by Gasteiger charge is 2.33. The van der Waals surface area contributed by atoms with Gasteiger partial charge in [-0.25, -0.2) is 4.98 Å². The fourth-order valence-electron chi connectivity index (χ4n) is 5.72. The molecule has 0 fully saturated rings. The summed E-state index contributed by atoms with van der Waals surface area (Å²) in [4.78, 5) is 17.4. The van der Waals surface area contributed by atoms with Crippen molar-refractivity contribution in [3.8, 4) is 22.8 Å². The van der Waals surface area contributed by atoms with Crippen molar-refractivity contribution in [1.82, 2.24) is 4.98 Å². The predicted octanol–water partition coefficient (Wildman–Crippen LogP) is 6.29. The highest BCUT2D eigenvalue weighted by molar-refractivity contribution is 5.99. The van der Waals surface area contributed by atoms with Crippen molar-refractivity contribution in [2.75, 3.05) is 40.4 Å². The number of aryl methyl sites for hydroxylation is 1. The van der Waals surface area contributed by atoms with Crippen LogP contribution in [0.2, 0.25) is 0 Å². The van der Waals surface area contributed by atoms with Gasteiger partial charge in [-0.05, 0) is 42.0 Å². The second kappa shape index (κ2) is 14.3. The maximum atomic E-state index is 12.5. The average Bonchev–Trinajstić information content (AvgIpc) is 2.99. The molecule has 0 aliphatic rings. The van der Waals surface area contributed by atoms with Gasteiger partial charge in [-0.1, -0.05) is 74.9 Å². The van der Waals surface area contributed by atoms with Crippen molar-refractivity contribution >= 4 is 16.7 Å². The molecule has 1 amide bonds. The van der Waals surface area contributed by atoms with Gasteiger partial charge in [0.2, 0.25) is 5.88 Å². The number of fused-ring (bicyclic) bond motifs is 1. The van der Waals surface area contributed by atoms with Crippen LogP contribution in [0.15, 0.2) is 72.8 Å². The van der Waals surface area contributed by atoms with Crippen molar-refractivity contribution in [1.29, 1.82) is 0 Å². The number of ether oxygens (including phenoxy) is 2. The number of carbonyl (C=O) groups excluding carboxylic acids is 1. The van der Waals surface area contributed by atoms with E-state index < -0.39 is 5.91 Å². The topological polar surface area (TPSA) is 100 Å². The molecule has 0 unspecified atom stereocenters. The Balaban J connectivity index is 1.67. The summed E-state index contributed by atoms with van der Waals surface area (Å²) in [5.41, 5.74) is 16.0. The van der Waals surface area contributed by atoms with E-state index in [2.05, 4.69) is 52.2 Å². The molecule has 0 saturated heterocycles. The molecule has 4 N–H and O–H groups in total. The number of benzene rings is 3. The van der Waals surface area contributed by atoms with Gasteiger partial charge in [0.05, 0.1) is 19.7 Å². The van der Waals surface area contributed by atoms with E-state index in [9.17, 15) is 4.79 Å². The third-order valence-electron chi connectivity index (χ3n) is 7.92. The minimum absolute atomic E-state index is 0.0894. The Morgan fingerprint density at radius 1 is 0.952 bits per heavy atom. The van der Waals surface area contributed by atoms with Gasteiger partial charge in [-0.15, -0.1) is 0 Å². The zero-order valence-corrected chi connectivity index (χ0v) is 25.4. The molecule has 0 spiro atoms. The van der Waals surface area contributed by atoms with Crippen LogP contribution in [0.3, 0.4) is 0 Å². The summed E-state index contributed by atoms with van der Waals surface area (Å²) in [7, 11) is 4.44. The Bertz CT molecular complexity index is 1490. The number of nitrogens with two attached hydrogens (primary N) is 2. The number of amides is 1. The van der Waals surface area contributed by atoms with Gasteiger partial charge in [0, 0.05) is 35.2 Å².